The molecule has 1 amide bonds. The summed E-state index contributed by atoms with van der Waals surface area (Å²) in [6.07, 6.45) is 2.97. The van der Waals surface area contributed by atoms with Crippen molar-refractivity contribution in [2.45, 2.75) is 19.6 Å². The Bertz CT molecular complexity index is 850. The Morgan fingerprint density at radius 1 is 1.17 bits per heavy atom. The van der Waals surface area contributed by atoms with E-state index in [0.29, 0.717) is 18.8 Å². The maximum atomic E-state index is 12.7. The van der Waals surface area contributed by atoms with Gasteiger partial charge in [-0.25, -0.2) is 9.48 Å². The Morgan fingerprint density at radius 3 is 2.58 bits per heavy atom. The lowest BCUT2D eigenvalue weighted by molar-refractivity contribution is -0.133. The van der Waals surface area contributed by atoms with Gasteiger partial charge in [-0.15, -0.1) is 0 Å². The second-order valence-corrected chi connectivity index (χ2v) is 5.47. The zero-order valence-corrected chi connectivity index (χ0v) is 13.3. The normalized spacial score (nSPS) is 10.7. The monoisotopic (exact) mass is 326 g/mol. The first kappa shape index (κ1) is 15.8. The van der Waals surface area contributed by atoms with Crippen LogP contribution in [0.2, 0.25) is 0 Å². The molecule has 3 rings (SSSR count). The number of carbonyl (C=O) groups is 1. The van der Waals surface area contributed by atoms with E-state index >= 15 is 0 Å². The average Bonchev–Trinajstić information content (AvgIpc) is 3.20. The van der Waals surface area contributed by atoms with Gasteiger partial charge in [-0.3, -0.25) is 9.48 Å². The number of aryl methyl sites for hydroxylation is 1. The minimum Gasteiger partial charge on any atom is -0.467 e. The number of aromatic nitrogens is 3. The molecule has 0 fully saturated rings. The van der Waals surface area contributed by atoms with Gasteiger partial charge in [0.1, 0.15) is 18.6 Å². The third kappa shape index (κ3) is 3.62. The van der Waals surface area contributed by atoms with E-state index in [1.54, 1.807) is 24.3 Å². The second-order valence-electron chi connectivity index (χ2n) is 5.47. The van der Waals surface area contributed by atoms with Crippen molar-refractivity contribution in [2.24, 2.45) is 7.05 Å². The van der Waals surface area contributed by atoms with Gasteiger partial charge in [-0.2, -0.15) is 4.98 Å². The second kappa shape index (κ2) is 6.99. The highest BCUT2D eigenvalue weighted by atomic mass is 16.3. The molecule has 2 heterocycles. The Hall–Kier alpha value is -3.09. The highest BCUT2D eigenvalue weighted by Gasteiger charge is 2.18. The maximum absolute atomic E-state index is 12.7. The maximum Gasteiger partial charge on any atom is 0.364 e. The van der Waals surface area contributed by atoms with Crippen molar-refractivity contribution in [3.05, 3.63) is 76.9 Å². The SMILES string of the molecule is Cn1cnc(=O)n1CC(=O)N(Cc1ccccc1)Cc1ccco1. The van der Waals surface area contributed by atoms with Gasteiger partial charge in [-0.1, -0.05) is 30.3 Å². The van der Waals surface area contributed by atoms with Crippen LogP contribution in [0.5, 0.6) is 0 Å². The number of amides is 1. The summed E-state index contributed by atoms with van der Waals surface area (Å²) in [5.74, 6) is 0.512. The van der Waals surface area contributed by atoms with Gasteiger partial charge >= 0.3 is 5.69 Å². The lowest BCUT2D eigenvalue weighted by Gasteiger charge is -2.22. The van der Waals surface area contributed by atoms with Gasteiger partial charge in [0.05, 0.1) is 12.8 Å². The quantitative estimate of drug-likeness (QED) is 0.686. The molecule has 0 radical (unpaired) electrons. The van der Waals surface area contributed by atoms with Crippen LogP contribution >= 0.6 is 0 Å². The van der Waals surface area contributed by atoms with Gasteiger partial charge in [0.25, 0.3) is 0 Å². The molecular formula is C17H18N4O3. The van der Waals surface area contributed by atoms with Crippen LogP contribution in [0, 0.1) is 0 Å². The van der Waals surface area contributed by atoms with Crippen molar-refractivity contribution in [1.29, 1.82) is 0 Å². The van der Waals surface area contributed by atoms with Crippen molar-refractivity contribution >= 4 is 5.91 Å². The molecule has 7 heteroatoms. The standard InChI is InChI=1S/C17H18N4O3/c1-19-13-18-17(23)21(19)12-16(22)20(11-15-8-5-9-24-15)10-14-6-3-2-4-7-14/h2-9,13H,10-12H2,1H3. The largest absolute Gasteiger partial charge is 0.467 e. The smallest absolute Gasteiger partial charge is 0.364 e. The molecule has 124 valence electrons. The summed E-state index contributed by atoms with van der Waals surface area (Å²) in [6.45, 7) is 0.711. The molecular weight excluding hydrogens is 308 g/mol. The van der Waals surface area contributed by atoms with Crippen LogP contribution in [0.4, 0.5) is 0 Å². The van der Waals surface area contributed by atoms with E-state index in [1.807, 2.05) is 36.4 Å². The molecule has 0 unspecified atom stereocenters. The first-order valence-electron chi connectivity index (χ1n) is 7.56. The number of benzene rings is 1. The minimum atomic E-state index is -0.441. The van der Waals surface area contributed by atoms with Crippen LogP contribution in [-0.2, 0) is 31.5 Å². The van der Waals surface area contributed by atoms with Crippen molar-refractivity contribution in [2.75, 3.05) is 0 Å². The molecule has 2 aromatic heterocycles. The average molecular weight is 326 g/mol. The molecule has 0 bridgehead atoms. The third-order valence-electron chi connectivity index (χ3n) is 3.72. The summed E-state index contributed by atoms with van der Waals surface area (Å²) in [6, 6.07) is 13.3. The number of carbonyl (C=O) groups excluding carboxylic acids is 1. The third-order valence-corrected chi connectivity index (χ3v) is 3.72. The van der Waals surface area contributed by atoms with Gasteiger partial charge in [0, 0.05) is 13.6 Å². The number of furan rings is 1. The Labute approximate surface area is 138 Å². The lowest BCUT2D eigenvalue weighted by Crippen LogP contribution is -2.36. The van der Waals surface area contributed by atoms with E-state index in [4.69, 9.17) is 4.42 Å². The fraction of sp³-hybridized carbons (Fsp3) is 0.235. The van der Waals surface area contributed by atoms with Gasteiger partial charge in [-0.05, 0) is 17.7 Å². The Kier molecular flexibility index (Phi) is 4.60. The van der Waals surface area contributed by atoms with Crippen LogP contribution in [-0.4, -0.2) is 25.2 Å². The highest BCUT2D eigenvalue weighted by Crippen LogP contribution is 2.11. The van der Waals surface area contributed by atoms with Crippen molar-refractivity contribution in [1.82, 2.24) is 19.2 Å². The number of nitrogens with zero attached hydrogens (tertiary/aromatic N) is 4. The van der Waals surface area contributed by atoms with E-state index in [2.05, 4.69) is 4.98 Å². The fourth-order valence-electron chi connectivity index (χ4n) is 2.43. The molecule has 0 atom stereocenters. The Balaban J connectivity index is 1.80. The summed E-state index contributed by atoms with van der Waals surface area (Å²) < 4.78 is 8.16. The molecule has 0 saturated carbocycles. The summed E-state index contributed by atoms with van der Waals surface area (Å²) in [4.78, 5) is 29.8. The molecule has 3 aromatic rings. The molecule has 0 aliphatic rings. The van der Waals surface area contributed by atoms with Gasteiger partial charge in [0.15, 0.2) is 0 Å². The Morgan fingerprint density at radius 2 is 1.96 bits per heavy atom. The first-order chi connectivity index (χ1) is 11.6. The molecule has 0 aliphatic carbocycles. The zero-order chi connectivity index (χ0) is 16.9. The number of rotatable bonds is 6. The van der Waals surface area contributed by atoms with Crippen molar-refractivity contribution in [3.63, 3.8) is 0 Å². The van der Waals surface area contributed by atoms with Crippen LogP contribution < -0.4 is 5.69 Å². The molecule has 1 aromatic carbocycles. The summed E-state index contributed by atoms with van der Waals surface area (Å²) in [5, 5.41) is 0. The van der Waals surface area contributed by atoms with E-state index < -0.39 is 5.69 Å². The van der Waals surface area contributed by atoms with Gasteiger partial charge in [0.2, 0.25) is 5.91 Å². The summed E-state index contributed by atoms with van der Waals surface area (Å²) in [7, 11) is 1.68. The fourth-order valence-corrected chi connectivity index (χ4v) is 2.43. The van der Waals surface area contributed by atoms with Crippen LogP contribution in [0.15, 0.2) is 64.3 Å². The number of hydrogen-bond donors (Lipinski definition) is 0. The van der Waals surface area contributed by atoms with Gasteiger partial charge < -0.3 is 9.32 Å². The lowest BCUT2D eigenvalue weighted by atomic mass is 10.2. The first-order valence-corrected chi connectivity index (χ1v) is 7.56. The molecule has 0 N–H and O–H groups in total. The van der Waals surface area contributed by atoms with Crippen molar-refractivity contribution < 1.29 is 9.21 Å². The zero-order valence-electron chi connectivity index (χ0n) is 13.3. The van der Waals surface area contributed by atoms with E-state index in [1.165, 1.54) is 15.7 Å². The minimum absolute atomic E-state index is 0.0666. The predicted octanol–water partition coefficient (Wildman–Crippen LogP) is 1.40. The number of hydrogen-bond acceptors (Lipinski definition) is 4. The van der Waals surface area contributed by atoms with E-state index in [9.17, 15) is 9.59 Å². The molecule has 24 heavy (non-hydrogen) atoms. The van der Waals surface area contributed by atoms with E-state index in [-0.39, 0.29) is 12.5 Å². The highest BCUT2D eigenvalue weighted by molar-refractivity contribution is 5.75. The molecule has 0 aliphatic heterocycles. The summed E-state index contributed by atoms with van der Waals surface area (Å²) >= 11 is 0. The molecule has 0 saturated heterocycles. The van der Waals surface area contributed by atoms with Crippen LogP contribution in [0.3, 0.4) is 0 Å². The van der Waals surface area contributed by atoms with Crippen LogP contribution in [0.1, 0.15) is 11.3 Å². The topological polar surface area (TPSA) is 73.3 Å². The predicted molar refractivity (Wildman–Crippen MR) is 86.9 cm³/mol. The van der Waals surface area contributed by atoms with E-state index in [0.717, 1.165) is 5.56 Å². The van der Waals surface area contributed by atoms with Crippen molar-refractivity contribution in [3.8, 4) is 0 Å². The molecule has 0 spiro atoms. The van der Waals surface area contributed by atoms with Crippen LogP contribution in [0.25, 0.3) is 0 Å². The molecule has 7 nitrogen and oxygen atoms in total. The summed E-state index contributed by atoms with van der Waals surface area (Å²) in [5.41, 5.74) is 0.568.